The summed E-state index contributed by atoms with van der Waals surface area (Å²) in [5.41, 5.74) is 20.0. The molecule has 0 bridgehead atoms. The molecule has 5 nitrogen and oxygen atoms in total. The average molecular weight is 965 g/mol. The zero-order valence-corrected chi connectivity index (χ0v) is 42.2. The summed E-state index contributed by atoms with van der Waals surface area (Å²) in [6.45, 7) is 6.79. The van der Waals surface area contributed by atoms with Crippen LogP contribution in [0.5, 0.6) is 0 Å². The Balaban J connectivity index is 1.07. The lowest BCUT2D eigenvalue weighted by atomic mass is 9.88. The number of rotatable bonds is 10. The molecule has 13 aromatic rings. The van der Waals surface area contributed by atoms with Gasteiger partial charge in [-0.2, -0.15) is 4.57 Å². The molecule has 0 aliphatic carbocycles. The Hall–Kier alpha value is -9.58. The van der Waals surface area contributed by atoms with E-state index in [4.69, 9.17) is 4.98 Å². The number of para-hydroxylation sites is 4. The van der Waals surface area contributed by atoms with Gasteiger partial charge in [-0.3, -0.25) is 4.57 Å². The smallest absolute Gasteiger partial charge is 0.191 e. The van der Waals surface area contributed by atoms with Crippen LogP contribution in [-0.2, 0) is 5.54 Å². The van der Waals surface area contributed by atoms with Crippen molar-refractivity contribution in [3.63, 3.8) is 0 Å². The van der Waals surface area contributed by atoms with Crippen molar-refractivity contribution in [3.8, 4) is 67.1 Å². The standard InChI is InChI=1S/C70H54N5/c1-70(2,3)73-48-72(64-39-18-19-40-65(64)73)54-31-20-32-55(46-54)74(69-59(51-27-12-6-13-28-51)36-22-37-60(69)52-29-14-7-15-30-52)56-41-42-62-61-33-16-17-38-63(61)75(66(62)47-56)67-45-53(43-44-71-67)68-57(49-23-8-4-9-24-49)34-21-35-58(68)50-25-10-5-11-26-50/h4-48H,1-3H3/q+1. The number of hydrogen-bond acceptors (Lipinski definition) is 2. The molecule has 0 atom stereocenters. The van der Waals surface area contributed by atoms with E-state index in [0.29, 0.717) is 0 Å². The van der Waals surface area contributed by atoms with Crippen LogP contribution in [0.25, 0.3) is 100.0 Å². The van der Waals surface area contributed by atoms with Gasteiger partial charge in [0.2, 0.25) is 0 Å². The van der Waals surface area contributed by atoms with E-state index in [9.17, 15) is 0 Å². The fraction of sp³-hybridized carbons (Fsp3) is 0.0571. The molecule has 0 N–H and O–H groups in total. The first-order valence-corrected chi connectivity index (χ1v) is 25.8. The maximum atomic E-state index is 5.24. The highest BCUT2D eigenvalue weighted by Crippen LogP contribution is 2.49. The molecule has 0 radical (unpaired) electrons. The normalized spacial score (nSPS) is 11.7. The van der Waals surface area contributed by atoms with Crippen LogP contribution < -0.4 is 4.90 Å². The van der Waals surface area contributed by atoms with E-state index in [-0.39, 0.29) is 5.54 Å². The number of pyridine rings is 1. The van der Waals surface area contributed by atoms with Crippen LogP contribution in [0.3, 0.4) is 0 Å². The topological polar surface area (TPSA) is 30.9 Å². The van der Waals surface area contributed by atoms with Crippen molar-refractivity contribution in [2.24, 2.45) is 0 Å². The number of benzene rings is 10. The summed E-state index contributed by atoms with van der Waals surface area (Å²) in [6.07, 6.45) is 4.23. The molecule has 0 saturated heterocycles. The second kappa shape index (κ2) is 18.8. The number of nitrogens with zero attached hydrogens (tertiary/aromatic N) is 5. The molecular weight excluding hydrogens is 911 g/mol. The number of aromatic nitrogens is 4. The van der Waals surface area contributed by atoms with E-state index < -0.39 is 0 Å². The van der Waals surface area contributed by atoms with Crippen LogP contribution in [0, 0.1) is 0 Å². The first-order valence-electron chi connectivity index (χ1n) is 25.8. The Morgan fingerprint density at radius 2 is 0.880 bits per heavy atom. The van der Waals surface area contributed by atoms with Gasteiger partial charge in [-0.25, -0.2) is 9.55 Å². The molecule has 75 heavy (non-hydrogen) atoms. The van der Waals surface area contributed by atoms with Gasteiger partial charge < -0.3 is 4.90 Å². The summed E-state index contributed by atoms with van der Waals surface area (Å²) in [6, 6.07) is 94.3. The van der Waals surface area contributed by atoms with Crippen LogP contribution in [0.15, 0.2) is 273 Å². The highest BCUT2D eigenvalue weighted by atomic mass is 15.2. The highest BCUT2D eigenvalue weighted by molar-refractivity contribution is 6.11. The van der Waals surface area contributed by atoms with Gasteiger partial charge >= 0.3 is 0 Å². The predicted molar refractivity (Wildman–Crippen MR) is 315 cm³/mol. The lowest BCUT2D eigenvalue weighted by Crippen LogP contribution is -2.20. The third-order valence-electron chi connectivity index (χ3n) is 14.6. The molecule has 3 heterocycles. The summed E-state index contributed by atoms with van der Waals surface area (Å²) >= 11 is 0. The second-order valence-corrected chi connectivity index (χ2v) is 20.2. The van der Waals surface area contributed by atoms with Crippen molar-refractivity contribution < 1.29 is 0 Å². The van der Waals surface area contributed by atoms with E-state index in [1.807, 2.05) is 6.20 Å². The Kier molecular flexibility index (Phi) is 11.3. The molecule has 0 aliphatic rings. The lowest BCUT2D eigenvalue weighted by molar-refractivity contribution is 0.406. The van der Waals surface area contributed by atoms with Crippen molar-refractivity contribution in [3.05, 3.63) is 273 Å². The van der Waals surface area contributed by atoms with Crippen LogP contribution in [0.4, 0.5) is 17.1 Å². The molecule has 0 amide bonds. The monoisotopic (exact) mass is 964 g/mol. The molecule has 5 heteroatoms. The first-order chi connectivity index (χ1) is 36.9. The maximum Gasteiger partial charge on any atom is 0.191 e. The van der Waals surface area contributed by atoms with Gasteiger partial charge in [0, 0.05) is 58.0 Å². The van der Waals surface area contributed by atoms with Crippen molar-refractivity contribution in [2.45, 2.75) is 26.3 Å². The summed E-state index contributed by atoms with van der Waals surface area (Å²) in [7, 11) is 0. The number of hydrogen-bond donors (Lipinski definition) is 0. The minimum atomic E-state index is -0.134. The van der Waals surface area contributed by atoms with E-state index in [1.54, 1.807) is 0 Å². The predicted octanol–water partition coefficient (Wildman–Crippen LogP) is 18.8. The van der Waals surface area contributed by atoms with Gasteiger partial charge in [0.25, 0.3) is 0 Å². The van der Waals surface area contributed by atoms with Crippen LogP contribution in [0.2, 0.25) is 0 Å². The average Bonchev–Trinajstić information content (AvgIpc) is 4.03. The van der Waals surface area contributed by atoms with Crippen molar-refractivity contribution >= 4 is 49.9 Å². The van der Waals surface area contributed by atoms with Gasteiger partial charge in [0.1, 0.15) is 11.5 Å². The van der Waals surface area contributed by atoms with Crippen LogP contribution in [-0.4, -0.2) is 18.7 Å². The van der Waals surface area contributed by atoms with E-state index >= 15 is 0 Å². The fourth-order valence-electron chi connectivity index (χ4n) is 11.1. The SMILES string of the molecule is CC(C)(C)n1[cH+]n(-c2cccc(N(c3ccc4c5ccccc5n(-c5cc(-c6c(-c7ccccc7)cccc6-c6ccccc6)ccn5)c4c3)c3c(-c4ccccc4)cccc3-c3ccccc3)c2)c2ccccc21. The number of fused-ring (bicyclic) bond motifs is 4. The van der Waals surface area contributed by atoms with E-state index in [1.165, 1.54) is 33.3 Å². The highest BCUT2D eigenvalue weighted by Gasteiger charge is 2.28. The van der Waals surface area contributed by atoms with Gasteiger partial charge in [-0.15, -0.1) is 0 Å². The van der Waals surface area contributed by atoms with E-state index in [2.05, 4.69) is 307 Å². The molecule has 0 aliphatic heterocycles. The van der Waals surface area contributed by atoms with Gasteiger partial charge in [0.05, 0.1) is 27.9 Å². The van der Waals surface area contributed by atoms with Crippen molar-refractivity contribution in [2.75, 3.05) is 4.90 Å². The van der Waals surface area contributed by atoms with Crippen LogP contribution in [0.1, 0.15) is 20.8 Å². The van der Waals surface area contributed by atoms with Gasteiger partial charge in [-0.1, -0.05) is 182 Å². The summed E-state index contributed by atoms with van der Waals surface area (Å²) in [5, 5.41) is 2.31. The molecule has 13 rings (SSSR count). The Morgan fingerprint density at radius 3 is 1.48 bits per heavy atom. The molecule has 0 spiro atoms. The number of anilines is 3. The Bertz CT molecular complexity index is 4090. The largest absolute Gasteiger partial charge is 0.308 e. The zero-order chi connectivity index (χ0) is 50.5. The molecule has 0 saturated carbocycles. The van der Waals surface area contributed by atoms with Gasteiger partial charge in [-0.05, 0) is 120 Å². The molecule has 358 valence electrons. The molecular formula is C70H54N5+. The molecule has 0 unspecified atom stereocenters. The summed E-state index contributed by atoms with van der Waals surface area (Å²) in [4.78, 5) is 7.72. The molecule has 10 aromatic carbocycles. The number of imidazole rings is 1. The second-order valence-electron chi connectivity index (χ2n) is 20.2. The Labute approximate surface area is 438 Å². The first kappa shape index (κ1) is 45.3. The zero-order valence-electron chi connectivity index (χ0n) is 42.2. The van der Waals surface area contributed by atoms with E-state index in [0.717, 1.165) is 83.7 Å². The van der Waals surface area contributed by atoms with Crippen molar-refractivity contribution in [1.29, 1.82) is 0 Å². The fourth-order valence-corrected chi connectivity index (χ4v) is 11.1. The minimum Gasteiger partial charge on any atom is -0.308 e. The quantitative estimate of drug-likeness (QED) is 0.128. The third-order valence-corrected chi connectivity index (χ3v) is 14.6. The van der Waals surface area contributed by atoms with Crippen LogP contribution >= 0.6 is 0 Å². The minimum absolute atomic E-state index is 0.134. The third kappa shape index (κ3) is 8.16. The lowest BCUT2D eigenvalue weighted by Gasteiger charge is -2.30. The maximum absolute atomic E-state index is 5.24. The summed E-state index contributed by atoms with van der Waals surface area (Å²) < 4.78 is 7.07. The molecule has 3 aromatic heterocycles. The van der Waals surface area contributed by atoms with Gasteiger partial charge in [0.15, 0.2) is 17.4 Å². The van der Waals surface area contributed by atoms with Crippen molar-refractivity contribution in [1.82, 2.24) is 18.7 Å². The summed E-state index contributed by atoms with van der Waals surface area (Å²) in [5.74, 6) is 0.840. The molecule has 0 fully saturated rings. The Morgan fingerprint density at radius 1 is 0.387 bits per heavy atom.